The molecular weight excluding hydrogens is 388 g/mol. The Morgan fingerprint density at radius 3 is 2.55 bits per heavy atom. The van der Waals surface area contributed by atoms with Gasteiger partial charge in [-0.05, 0) is 54.4 Å². The second-order valence-corrected chi connectivity index (χ2v) is 8.38. The van der Waals surface area contributed by atoms with Crippen LogP contribution in [0.1, 0.15) is 15.9 Å². The van der Waals surface area contributed by atoms with Gasteiger partial charge in [0.25, 0.3) is 15.9 Å². The average Bonchev–Trinajstić information content (AvgIpc) is 3.17. The molecule has 3 aromatic rings. The van der Waals surface area contributed by atoms with Crippen LogP contribution in [0.5, 0.6) is 5.75 Å². The number of hydrogen-bond acceptors (Lipinski definition) is 4. The van der Waals surface area contributed by atoms with Crippen molar-refractivity contribution < 1.29 is 17.9 Å². The number of benzene rings is 3. The van der Waals surface area contributed by atoms with Gasteiger partial charge in [0.2, 0.25) is 0 Å². The SMILES string of the molecule is COc1cccc(NS(=O)(=O)c2ccc3c(c2)CCN3C(=O)c2ccccc2)c1. The molecule has 1 N–H and O–H groups in total. The van der Waals surface area contributed by atoms with Crippen molar-refractivity contribution in [1.29, 1.82) is 0 Å². The Labute approximate surface area is 169 Å². The fraction of sp³-hybridized carbons (Fsp3) is 0.136. The van der Waals surface area contributed by atoms with E-state index in [1.807, 2.05) is 18.2 Å². The molecule has 7 heteroatoms. The third-order valence-corrected chi connectivity index (χ3v) is 6.22. The Balaban J connectivity index is 1.59. The van der Waals surface area contributed by atoms with Gasteiger partial charge >= 0.3 is 0 Å². The summed E-state index contributed by atoms with van der Waals surface area (Å²) in [4.78, 5) is 14.6. The fourth-order valence-corrected chi connectivity index (χ4v) is 4.49. The highest BCUT2D eigenvalue weighted by atomic mass is 32.2. The molecule has 4 rings (SSSR count). The molecule has 0 fully saturated rings. The summed E-state index contributed by atoms with van der Waals surface area (Å²) in [5, 5.41) is 0. The standard InChI is InChI=1S/C22H20N2O4S/c1-28-19-9-5-8-18(15-19)23-29(26,27)20-10-11-21-17(14-20)12-13-24(21)22(25)16-6-3-2-4-7-16/h2-11,14-15,23H,12-13H2,1H3. The highest BCUT2D eigenvalue weighted by Gasteiger charge is 2.27. The molecular formula is C22H20N2O4S. The average molecular weight is 408 g/mol. The number of amides is 1. The van der Waals surface area contributed by atoms with Crippen LogP contribution in [0.25, 0.3) is 0 Å². The molecule has 29 heavy (non-hydrogen) atoms. The van der Waals surface area contributed by atoms with E-state index < -0.39 is 10.0 Å². The van der Waals surface area contributed by atoms with E-state index in [9.17, 15) is 13.2 Å². The lowest BCUT2D eigenvalue weighted by molar-refractivity contribution is 0.0989. The summed E-state index contributed by atoms with van der Waals surface area (Å²) in [5.74, 6) is 0.476. The smallest absolute Gasteiger partial charge is 0.261 e. The Morgan fingerprint density at radius 1 is 1.00 bits per heavy atom. The Kier molecular flexibility index (Phi) is 4.98. The molecule has 0 saturated carbocycles. The third kappa shape index (κ3) is 3.82. The van der Waals surface area contributed by atoms with Crippen molar-refractivity contribution in [3.63, 3.8) is 0 Å². The van der Waals surface area contributed by atoms with Gasteiger partial charge in [0.05, 0.1) is 17.7 Å². The molecule has 6 nitrogen and oxygen atoms in total. The predicted molar refractivity (Wildman–Crippen MR) is 112 cm³/mol. The van der Waals surface area contributed by atoms with Gasteiger partial charge < -0.3 is 9.64 Å². The molecule has 0 spiro atoms. The molecule has 1 aliphatic heterocycles. The number of methoxy groups -OCH3 is 1. The number of sulfonamides is 1. The van der Waals surface area contributed by atoms with E-state index in [0.29, 0.717) is 30.0 Å². The maximum absolute atomic E-state index is 12.8. The number of anilines is 2. The Hall–Kier alpha value is -3.32. The number of hydrogen-bond donors (Lipinski definition) is 1. The third-order valence-electron chi connectivity index (χ3n) is 4.84. The number of ether oxygens (including phenoxy) is 1. The lowest BCUT2D eigenvalue weighted by Crippen LogP contribution is -2.28. The van der Waals surface area contributed by atoms with E-state index in [1.165, 1.54) is 13.2 Å². The van der Waals surface area contributed by atoms with Gasteiger partial charge in [-0.3, -0.25) is 9.52 Å². The van der Waals surface area contributed by atoms with Crippen molar-refractivity contribution in [3.8, 4) is 5.75 Å². The number of nitrogens with one attached hydrogen (secondary N) is 1. The number of carbonyl (C=O) groups excluding carboxylic acids is 1. The highest BCUT2D eigenvalue weighted by Crippen LogP contribution is 2.32. The molecule has 1 amide bonds. The normalized spacial score (nSPS) is 13.1. The minimum absolute atomic E-state index is 0.0885. The molecule has 0 unspecified atom stereocenters. The Morgan fingerprint density at radius 2 is 1.79 bits per heavy atom. The summed E-state index contributed by atoms with van der Waals surface area (Å²) >= 11 is 0. The van der Waals surface area contributed by atoms with Crippen LogP contribution in [-0.4, -0.2) is 28.0 Å². The van der Waals surface area contributed by atoms with Crippen molar-refractivity contribution in [2.45, 2.75) is 11.3 Å². The number of carbonyl (C=O) groups is 1. The first-order valence-electron chi connectivity index (χ1n) is 9.15. The lowest BCUT2D eigenvalue weighted by Gasteiger charge is -2.18. The molecule has 0 atom stereocenters. The van der Waals surface area contributed by atoms with E-state index >= 15 is 0 Å². The van der Waals surface area contributed by atoms with E-state index in [-0.39, 0.29) is 10.8 Å². The molecule has 0 aromatic heterocycles. The van der Waals surface area contributed by atoms with Crippen LogP contribution >= 0.6 is 0 Å². The molecule has 0 radical (unpaired) electrons. The summed E-state index contributed by atoms with van der Waals surface area (Å²) in [6.45, 7) is 0.524. The minimum Gasteiger partial charge on any atom is -0.497 e. The van der Waals surface area contributed by atoms with E-state index in [1.54, 1.807) is 53.4 Å². The quantitative estimate of drug-likeness (QED) is 0.699. The van der Waals surface area contributed by atoms with Crippen LogP contribution in [0.4, 0.5) is 11.4 Å². The highest BCUT2D eigenvalue weighted by molar-refractivity contribution is 7.92. The van der Waals surface area contributed by atoms with Crippen molar-refractivity contribution in [3.05, 3.63) is 83.9 Å². The lowest BCUT2D eigenvalue weighted by atomic mass is 10.1. The van der Waals surface area contributed by atoms with Crippen molar-refractivity contribution in [2.24, 2.45) is 0 Å². The Bertz CT molecular complexity index is 1160. The summed E-state index contributed by atoms with van der Waals surface area (Å²) in [6.07, 6.45) is 0.608. The molecule has 0 saturated heterocycles. The molecule has 0 aliphatic carbocycles. The van der Waals surface area contributed by atoms with Crippen molar-refractivity contribution >= 4 is 27.3 Å². The van der Waals surface area contributed by atoms with E-state index in [4.69, 9.17) is 4.74 Å². The summed E-state index contributed by atoms with van der Waals surface area (Å²) < 4.78 is 33.3. The molecule has 1 aliphatic rings. The van der Waals surface area contributed by atoms with E-state index in [0.717, 1.165) is 11.3 Å². The second-order valence-electron chi connectivity index (χ2n) is 6.70. The van der Waals surface area contributed by atoms with Crippen LogP contribution in [0.2, 0.25) is 0 Å². The van der Waals surface area contributed by atoms with Gasteiger partial charge in [0, 0.05) is 23.9 Å². The van der Waals surface area contributed by atoms with Crippen LogP contribution in [-0.2, 0) is 16.4 Å². The van der Waals surface area contributed by atoms with Gasteiger partial charge in [-0.1, -0.05) is 24.3 Å². The zero-order chi connectivity index (χ0) is 20.4. The monoisotopic (exact) mass is 408 g/mol. The molecule has 1 heterocycles. The minimum atomic E-state index is -3.76. The van der Waals surface area contributed by atoms with Crippen LogP contribution < -0.4 is 14.4 Å². The summed E-state index contributed by atoms with van der Waals surface area (Å²) in [6, 6.07) is 20.7. The van der Waals surface area contributed by atoms with Gasteiger partial charge in [0.1, 0.15) is 5.75 Å². The number of rotatable bonds is 5. The van der Waals surface area contributed by atoms with Gasteiger partial charge in [0.15, 0.2) is 0 Å². The second kappa shape index (κ2) is 7.60. The zero-order valence-corrected chi connectivity index (χ0v) is 16.6. The van der Waals surface area contributed by atoms with Crippen molar-refractivity contribution in [2.75, 3.05) is 23.3 Å². The topological polar surface area (TPSA) is 75.7 Å². The van der Waals surface area contributed by atoms with Crippen molar-refractivity contribution in [1.82, 2.24) is 0 Å². The number of nitrogens with zero attached hydrogens (tertiary/aromatic N) is 1. The van der Waals surface area contributed by atoms with Gasteiger partial charge in [-0.25, -0.2) is 8.42 Å². The van der Waals surface area contributed by atoms with Crippen LogP contribution in [0, 0.1) is 0 Å². The fourth-order valence-electron chi connectivity index (χ4n) is 3.39. The largest absolute Gasteiger partial charge is 0.497 e. The zero-order valence-electron chi connectivity index (χ0n) is 15.8. The molecule has 148 valence electrons. The first kappa shape index (κ1) is 19.0. The number of fused-ring (bicyclic) bond motifs is 1. The predicted octanol–water partition coefficient (Wildman–Crippen LogP) is 3.70. The van der Waals surface area contributed by atoms with E-state index in [2.05, 4.69) is 4.72 Å². The molecule has 0 bridgehead atoms. The first-order valence-corrected chi connectivity index (χ1v) is 10.6. The maximum Gasteiger partial charge on any atom is 0.261 e. The summed E-state index contributed by atoms with van der Waals surface area (Å²) in [7, 11) is -2.23. The van der Waals surface area contributed by atoms with Crippen LogP contribution in [0.3, 0.4) is 0 Å². The van der Waals surface area contributed by atoms with Crippen LogP contribution in [0.15, 0.2) is 77.7 Å². The maximum atomic E-state index is 12.8. The van der Waals surface area contributed by atoms with Gasteiger partial charge in [-0.2, -0.15) is 0 Å². The summed E-state index contributed by atoms with van der Waals surface area (Å²) in [5.41, 5.74) is 2.62. The molecule has 3 aromatic carbocycles. The first-order chi connectivity index (χ1) is 14.0. The van der Waals surface area contributed by atoms with Gasteiger partial charge in [-0.15, -0.1) is 0 Å².